The number of carbonyl (C=O) groups excluding carboxylic acids is 3. The van der Waals surface area contributed by atoms with E-state index in [1.54, 1.807) is 25.0 Å². The third-order valence-corrected chi connectivity index (χ3v) is 5.51. The highest BCUT2D eigenvalue weighted by molar-refractivity contribution is 6.06. The van der Waals surface area contributed by atoms with Gasteiger partial charge in [-0.15, -0.1) is 0 Å². The Hall–Kier alpha value is -3.67. The van der Waals surface area contributed by atoms with E-state index in [9.17, 15) is 24.5 Å². The van der Waals surface area contributed by atoms with Crippen LogP contribution in [0.2, 0.25) is 0 Å². The molecule has 0 aliphatic carbocycles. The van der Waals surface area contributed by atoms with Crippen molar-refractivity contribution in [3.05, 3.63) is 39.8 Å². The van der Waals surface area contributed by atoms with Crippen LogP contribution in [0.3, 0.4) is 0 Å². The van der Waals surface area contributed by atoms with Crippen molar-refractivity contribution >= 4 is 23.3 Å². The van der Waals surface area contributed by atoms with Gasteiger partial charge in [-0.1, -0.05) is 0 Å². The second-order valence-electron chi connectivity index (χ2n) is 9.81. The Morgan fingerprint density at radius 2 is 1.75 bits per heavy atom. The van der Waals surface area contributed by atoms with Crippen LogP contribution in [0.25, 0.3) is 11.3 Å². The van der Waals surface area contributed by atoms with Crippen LogP contribution in [0, 0.1) is 10.1 Å². The van der Waals surface area contributed by atoms with Crippen molar-refractivity contribution in [3.8, 4) is 11.3 Å². The molecule has 2 aromatic rings. The Morgan fingerprint density at radius 3 is 2.28 bits per heavy atom. The second kappa shape index (κ2) is 11.4. The number of ether oxygens (including phenoxy) is 1. The van der Waals surface area contributed by atoms with Gasteiger partial charge in [0.1, 0.15) is 29.3 Å². The lowest BCUT2D eigenvalue weighted by Crippen LogP contribution is -2.38. The quantitative estimate of drug-likeness (QED) is 0.272. The zero-order valence-electron chi connectivity index (χ0n) is 22.1. The SMILES string of the molecule is CC(=O)C(C(C)=O)c1cc(-c2cnn(C)c2CN(C)CCN(C)C(=O)OC(C)(C)C)ncc1[N+](=O)[O-]. The van der Waals surface area contributed by atoms with E-state index in [4.69, 9.17) is 4.74 Å². The summed E-state index contributed by atoms with van der Waals surface area (Å²) in [4.78, 5) is 55.2. The Labute approximate surface area is 210 Å². The van der Waals surface area contributed by atoms with E-state index in [2.05, 4.69) is 10.1 Å². The number of carbonyl (C=O) groups is 3. The van der Waals surface area contributed by atoms with E-state index in [-0.39, 0.29) is 11.3 Å². The van der Waals surface area contributed by atoms with Crippen LogP contribution in [0.15, 0.2) is 18.5 Å². The fourth-order valence-corrected chi connectivity index (χ4v) is 3.67. The molecule has 12 heteroatoms. The minimum atomic E-state index is -1.25. The summed E-state index contributed by atoms with van der Waals surface area (Å²) in [6.07, 6.45) is 2.25. The van der Waals surface area contributed by atoms with Crippen LogP contribution in [0.4, 0.5) is 10.5 Å². The van der Waals surface area contributed by atoms with E-state index in [1.807, 2.05) is 32.7 Å². The number of hydrogen-bond acceptors (Lipinski definition) is 9. The molecule has 0 aliphatic rings. The second-order valence-corrected chi connectivity index (χ2v) is 9.81. The van der Waals surface area contributed by atoms with Crippen molar-refractivity contribution in [1.29, 1.82) is 0 Å². The first kappa shape index (κ1) is 28.6. The summed E-state index contributed by atoms with van der Waals surface area (Å²) in [7, 11) is 5.32. The Morgan fingerprint density at radius 1 is 1.14 bits per heavy atom. The first-order chi connectivity index (χ1) is 16.6. The molecule has 1 amide bonds. The lowest BCUT2D eigenvalue weighted by molar-refractivity contribution is -0.385. The van der Waals surface area contributed by atoms with Crippen LogP contribution in [0.1, 0.15) is 51.8 Å². The number of aromatic nitrogens is 3. The van der Waals surface area contributed by atoms with Gasteiger partial charge in [-0.2, -0.15) is 5.10 Å². The standard InChI is InChI=1S/C24H34N6O6/c1-15(31)22(16(2)32)17-11-19(25-13-20(17)30(34)35)18-12-26-29(8)21(18)14-27(6)9-10-28(7)23(33)36-24(3,4)5/h11-13,22H,9-10,14H2,1-8H3. The van der Waals surface area contributed by atoms with Crippen molar-refractivity contribution in [2.75, 3.05) is 27.2 Å². The summed E-state index contributed by atoms with van der Waals surface area (Å²) in [6.45, 7) is 9.28. The van der Waals surface area contributed by atoms with Crippen molar-refractivity contribution in [2.24, 2.45) is 7.05 Å². The number of amides is 1. The van der Waals surface area contributed by atoms with E-state index < -0.39 is 34.1 Å². The average Bonchev–Trinajstić information content (AvgIpc) is 3.10. The molecular formula is C24H34N6O6. The molecule has 0 aliphatic heterocycles. The number of pyridine rings is 1. The van der Waals surface area contributed by atoms with Gasteiger partial charge in [0.2, 0.25) is 0 Å². The predicted octanol–water partition coefficient (Wildman–Crippen LogP) is 2.95. The zero-order valence-corrected chi connectivity index (χ0v) is 22.1. The number of likely N-dealkylation sites (N-methyl/N-ethyl adjacent to an activating group) is 2. The van der Waals surface area contributed by atoms with Crippen molar-refractivity contribution in [3.63, 3.8) is 0 Å². The number of nitro groups is 1. The summed E-state index contributed by atoms with van der Waals surface area (Å²) in [5, 5.41) is 15.9. The minimum absolute atomic E-state index is 0.00661. The first-order valence-electron chi connectivity index (χ1n) is 11.4. The number of hydrogen-bond donors (Lipinski definition) is 0. The number of ketones is 2. The van der Waals surface area contributed by atoms with Gasteiger partial charge >= 0.3 is 6.09 Å². The van der Waals surface area contributed by atoms with Crippen LogP contribution in [0.5, 0.6) is 0 Å². The molecule has 0 radical (unpaired) electrons. The van der Waals surface area contributed by atoms with Crippen LogP contribution in [-0.2, 0) is 27.9 Å². The fraction of sp³-hybridized carbons (Fsp3) is 0.542. The lowest BCUT2D eigenvalue weighted by atomic mass is 9.90. The van der Waals surface area contributed by atoms with Gasteiger partial charge in [-0.3, -0.25) is 29.3 Å². The number of aryl methyl sites for hydroxylation is 1. The van der Waals surface area contributed by atoms with Gasteiger partial charge in [0.25, 0.3) is 5.69 Å². The van der Waals surface area contributed by atoms with Gasteiger partial charge in [-0.05, 0) is 47.7 Å². The highest BCUT2D eigenvalue weighted by Gasteiger charge is 2.31. The minimum Gasteiger partial charge on any atom is -0.444 e. The maximum absolute atomic E-state index is 12.2. The van der Waals surface area contributed by atoms with Crippen molar-refractivity contribution in [2.45, 2.75) is 52.7 Å². The molecule has 0 unspecified atom stereocenters. The van der Waals surface area contributed by atoms with Crippen molar-refractivity contribution < 1.29 is 24.0 Å². The monoisotopic (exact) mass is 502 g/mol. The molecule has 36 heavy (non-hydrogen) atoms. The van der Waals surface area contributed by atoms with E-state index in [1.165, 1.54) is 24.8 Å². The maximum Gasteiger partial charge on any atom is 0.410 e. The summed E-state index contributed by atoms with van der Waals surface area (Å²) < 4.78 is 7.04. The molecule has 0 fully saturated rings. The molecule has 2 rings (SSSR count). The zero-order chi connectivity index (χ0) is 27.4. The molecule has 0 atom stereocenters. The average molecular weight is 503 g/mol. The fourth-order valence-electron chi connectivity index (χ4n) is 3.67. The number of rotatable bonds is 10. The largest absolute Gasteiger partial charge is 0.444 e. The summed E-state index contributed by atoms with van der Waals surface area (Å²) in [6, 6.07) is 1.42. The van der Waals surface area contributed by atoms with Gasteiger partial charge in [0.15, 0.2) is 0 Å². The lowest BCUT2D eigenvalue weighted by Gasteiger charge is -2.26. The Bertz CT molecular complexity index is 1140. The molecule has 0 aromatic carbocycles. The maximum atomic E-state index is 12.2. The molecule has 196 valence electrons. The van der Waals surface area contributed by atoms with Gasteiger partial charge in [0, 0.05) is 39.3 Å². The molecular weight excluding hydrogens is 468 g/mol. The molecule has 0 bridgehead atoms. The topological polar surface area (TPSA) is 141 Å². The van der Waals surface area contributed by atoms with Gasteiger partial charge < -0.3 is 9.64 Å². The van der Waals surface area contributed by atoms with E-state index in [0.717, 1.165) is 11.9 Å². The highest BCUT2D eigenvalue weighted by atomic mass is 16.6. The first-order valence-corrected chi connectivity index (χ1v) is 11.4. The molecule has 12 nitrogen and oxygen atoms in total. The third-order valence-electron chi connectivity index (χ3n) is 5.51. The molecule has 0 saturated heterocycles. The van der Waals surface area contributed by atoms with Crippen LogP contribution >= 0.6 is 0 Å². The van der Waals surface area contributed by atoms with Gasteiger partial charge in [0.05, 0.1) is 28.1 Å². The molecule has 0 N–H and O–H groups in total. The third kappa shape index (κ3) is 7.17. The smallest absolute Gasteiger partial charge is 0.410 e. The summed E-state index contributed by atoms with van der Waals surface area (Å²) >= 11 is 0. The van der Waals surface area contributed by atoms with E-state index >= 15 is 0 Å². The summed E-state index contributed by atoms with van der Waals surface area (Å²) in [5.41, 5.74) is 0.791. The summed E-state index contributed by atoms with van der Waals surface area (Å²) in [5.74, 6) is -2.22. The normalized spacial score (nSPS) is 11.6. The molecule has 2 heterocycles. The van der Waals surface area contributed by atoms with Gasteiger partial charge in [-0.25, -0.2) is 9.78 Å². The Balaban J connectivity index is 2.30. The number of nitrogens with zero attached hydrogens (tertiary/aromatic N) is 6. The molecule has 0 saturated carbocycles. The predicted molar refractivity (Wildman–Crippen MR) is 132 cm³/mol. The van der Waals surface area contributed by atoms with E-state index in [0.29, 0.717) is 30.9 Å². The molecule has 2 aromatic heterocycles. The van der Waals surface area contributed by atoms with Crippen LogP contribution < -0.4 is 0 Å². The highest BCUT2D eigenvalue weighted by Crippen LogP contribution is 2.32. The molecule has 0 spiro atoms. The Kier molecular flexibility index (Phi) is 9.03. The van der Waals surface area contributed by atoms with Crippen molar-refractivity contribution in [1.82, 2.24) is 24.6 Å². The van der Waals surface area contributed by atoms with Crippen LogP contribution in [-0.4, -0.2) is 79.9 Å². The number of Topliss-reactive ketones (excluding diaryl/α,β-unsaturated/α-hetero) is 2.